The molecule has 1 fully saturated rings. The lowest BCUT2D eigenvalue weighted by molar-refractivity contribution is -0.128. The molecule has 0 aliphatic carbocycles. The van der Waals surface area contributed by atoms with Crippen molar-refractivity contribution in [3.8, 4) is 0 Å². The highest BCUT2D eigenvalue weighted by molar-refractivity contribution is 7.80. The Balaban J connectivity index is 2.03. The van der Waals surface area contributed by atoms with Crippen LogP contribution in [0.5, 0.6) is 0 Å². The molecule has 1 aliphatic rings. The van der Waals surface area contributed by atoms with Crippen LogP contribution in [0.2, 0.25) is 0 Å². The van der Waals surface area contributed by atoms with E-state index in [1.807, 2.05) is 29.2 Å². The van der Waals surface area contributed by atoms with Crippen molar-refractivity contribution in [1.82, 2.24) is 4.90 Å². The number of amides is 1. The third-order valence-electron chi connectivity index (χ3n) is 3.58. The van der Waals surface area contributed by atoms with Crippen LogP contribution in [-0.4, -0.2) is 22.3 Å². The molecule has 1 atom stereocenters. The summed E-state index contributed by atoms with van der Waals surface area (Å²) in [5.41, 5.74) is 7.59. The third-order valence-corrected chi connectivity index (χ3v) is 3.81. The van der Waals surface area contributed by atoms with E-state index in [4.69, 9.17) is 18.0 Å². The summed E-state index contributed by atoms with van der Waals surface area (Å²) in [5, 5.41) is 0. The highest BCUT2D eigenvalue weighted by Gasteiger charge is 2.28. The first-order valence-corrected chi connectivity index (χ1v) is 7.17. The van der Waals surface area contributed by atoms with Crippen molar-refractivity contribution >= 4 is 23.1 Å². The van der Waals surface area contributed by atoms with Gasteiger partial charge in [0.1, 0.15) is 4.99 Å². The predicted molar refractivity (Wildman–Crippen MR) is 80.8 cm³/mol. The molecule has 0 aromatic heterocycles. The van der Waals surface area contributed by atoms with Crippen molar-refractivity contribution in [2.75, 3.05) is 6.54 Å². The molecule has 4 heteroatoms. The van der Waals surface area contributed by atoms with Crippen molar-refractivity contribution in [2.24, 2.45) is 11.7 Å². The molecular weight excluding hydrogens is 256 g/mol. The zero-order chi connectivity index (χ0) is 13.8. The zero-order valence-corrected chi connectivity index (χ0v) is 12.1. The van der Waals surface area contributed by atoms with Crippen LogP contribution in [0.4, 0.5) is 0 Å². The summed E-state index contributed by atoms with van der Waals surface area (Å²) in [5.74, 6) is 0.787. The van der Waals surface area contributed by atoms with Gasteiger partial charge >= 0.3 is 0 Å². The van der Waals surface area contributed by atoms with E-state index in [9.17, 15) is 4.79 Å². The maximum Gasteiger partial charge on any atom is 0.223 e. The van der Waals surface area contributed by atoms with Gasteiger partial charge in [0.2, 0.25) is 5.91 Å². The van der Waals surface area contributed by atoms with Gasteiger partial charge in [0, 0.05) is 25.1 Å². The molecule has 3 nitrogen and oxygen atoms in total. The van der Waals surface area contributed by atoms with Crippen molar-refractivity contribution in [1.29, 1.82) is 0 Å². The van der Waals surface area contributed by atoms with E-state index < -0.39 is 0 Å². The normalized spacial score (nSPS) is 18.9. The number of benzene rings is 1. The highest BCUT2D eigenvalue weighted by atomic mass is 32.1. The predicted octanol–water partition coefficient (Wildman–Crippen LogP) is 2.47. The Morgan fingerprint density at radius 3 is 3.00 bits per heavy atom. The molecule has 2 N–H and O–H groups in total. The Labute approximate surface area is 119 Å². The lowest BCUT2D eigenvalue weighted by atomic mass is 10.0. The molecule has 102 valence electrons. The smallest absolute Gasteiger partial charge is 0.223 e. The molecule has 0 saturated carbocycles. The van der Waals surface area contributed by atoms with Crippen LogP contribution < -0.4 is 5.73 Å². The summed E-state index contributed by atoms with van der Waals surface area (Å²) >= 11 is 4.98. The molecule has 19 heavy (non-hydrogen) atoms. The van der Waals surface area contributed by atoms with E-state index in [2.05, 4.69) is 6.92 Å². The average Bonchev–Trinajstić information content (AvgIpc) is 2.70. The van der Waals surface area contributed by atoms with E-state index >= 15 is 0 Å². The number of carbonyl (C=O) groups excluding carboxylic acids is 1. The largest absolute Gasteiger partial charge is 0.389 e. The van der Waals surface area contributed by atoms with Gasteiger partial charge in [0.05, 0.1) is 0 Å². The van der Waals surface area contributed by atoms with Gasteiger partial charge < -0.3 is 10.6 Å². The summed E-state index contributed by atoms with van der Waals surface area (Å²) in [7, 11) is 0. The van der Waals surface area contributed by atoms with Gasteiger partial charge in [0.15, 0.2) is 0 Å². The molecule has 1 heterocycles. The molecular formula is C15H20N2OS. The SMILES string of the molecule is CCCC1CC(=O)N(Cc2cccc(C(N)=S)c2)C1. The number of nitrogens with zero attached hydrogens (tertiary/aromatic N) is 1. The van der Waals surface area contributed by atoms with E-state index in [-0.39, 0.29) is 5.91 Å². The van der Waals surface area contributed by atoms with E-state index in [0.717, 1.165) is 30.5 Å². The number of nitrogens with two attached hydrogens (primary N) is 1. The summed E-state index contributed by atoms with van der Waals surface area (Å²) in [4.78, 5) is 14.3. The van der Waals surface area contributed by atoms with Crippen molar-refractivity contribution in [3.05, 3.63) is 35.4 Å². The monoisotopic (exact) mass is 276 g/mol. The van der Waals surface area contributed by atoms with Crippen LogP contribution in [0.1, 0.15) is 37.3 Å². The minimum absolute atomic E-state index is 0.263. The maximum atomic E-state index is 12.0. The Kier molecular flexibility index (Phi) is 4.53. The van der Waals surface area contributed by atoms with Gasteiger partial charge in [-0.2, -0.15) is 0 Å². The number of hydrogen-bond donors (Lipinski definition) is 1. The zero-order valence-electron chi connectivity index (χ0n) is 11.3. The fourth-order valence-electron chi connectivity index (χ4n) is 2.65. The number of hydrogen-bond acceptors (Lipinski definition) is 2. The minimum Gasteiger partial charge on any atom is -0.389 e. The van der Waals surface area contributed by atoms with Crippen molar-refractivity contribution in [3.63, 3.8) is 0 Å². The van der Waals surface area contributed by atoms with Crippen LogP contribution in [0, 0.1) is 5.92 Å². The molecule has 0 bridgehead atoms. The van der Waals surface area contributed by atoms with Crippen molar-refractivity contribution < 1.29 is 4.79 Å². The number of rotatable bonds is 5. The molecule has 1 aromatic rings. The first-order chi connectivity index (χ1) is 9.10. The van der Waals surface area contributed by atoms with Gasteiger partial charge in [-0.3, -0.25) is 4.79 Å². The lowest BCUT2D eigenvalue weighted by Gasteiger charge is -2.17. The van der Waals surface area contributed by atoms with E-state index in [1.165, 1.54) is 0 Å². The van der Waals surface area contributed by atoms with Gasteiger partial charge in [0.25, 0.3) is 0 Å². The fraction of sp³-hybridized carbons (Fsp3) is 0.467. The summed E-state index contributed by atoms with van der Waals surface area (Å²) in [6, 6.07) is 7.83. The minimum atomic E-state index is 0.263. The third kappa shape index (κ3) is 3.53. The maximum absolute atomic E-state index is 12.0. The Hall–Kier alpha value is -1.42. The number of likely N-dealkylation sites (tertiary alicyclic amines) is 1. The molecule has 0 spiro atoms. The first kappa shape index (κ1) is 14.0. The highest BCUT2D eigenvalue weighted by Crippen LogP contribution is 2.23. The molecule has 1 aromatic carbocycles. The number of carbonyl (C=O) groups is 1. The van der Waals surface area contributed by atoms with Crippen LogP contribution in [0.15, 0.2) is 24.3 Å². The van der Waals surface area contributed by atoms with Gasteiger partial charge in [-0.05, 0) is 24.0 Å². The summed E-state index contributed by atoms with van der Waals surface area (Å²) in [6.07, 6.45) is 2.97. The topological polar surface area (TPSA) is 46.3 Å². The summed E-state index contributed by atoms with van der Waals surface area (Å²) < 4.78 is 0. The lowest BCUT2D eigenvalue weighted by Crippen LogP contribution is -2.24. The van der Waals surface area contributed by atoms with Crippen LogP contribution in [0.25, 0.3) is 0 Å². The number of thiocarbonyl (C=S) groups is 1. The quantitative estimate of drug-likeness (QED) is 0.840. The molecule has 2 rings (SSSR count). The molecule has 0 radical (unpaired) electrons. The Bertz CT molecular complexity index is 487. The molecule has 1 unspecified atom stereocenters. The second-order valence-corrected chi connectivity index (χ2v) is 5.64. The van der Waals surface area contributed by atoms with E-state index in [0.29, 0.717) is 23.9 Å². The van der Waals surface area contributed by atoms with Crippen molar-refractivity contribution in [2.45, 2.75) is 32.7 Å². The molecule has 1 saturated heterocycles. The Morgan fingerprint density at radius 1 is 1.53 bits per heavy atom. The van der Waals surface area contributed by atoms with Crippen LogP contribution in [-0.2, 0) is 11.3 Å². The van der Waals surface area contributed by atoms with E-state index in [1.54, 1.807) is 0 Å². The molecule has 1 aliphatic heterocycles. The second kappa shape index (κ2) is 6.15. The Morgan fingerprint density at radius 2 is 2.32 bits per heavy atom. The summed E-state index contributed by atoms with van der Waals surface area (Å²) in [6.45, 7) is 3.71. The van der Waals surface area contributed by atoms with Gasteiger partial charge in [-0.15, -0.1) is 0 Å². The van der Waals surface area contributed by atoms with Crippen LogP contribution in [0.3, 0.4) is 0 Å². The van der Waals surface area contributed by atoms with Gasteiger partial charge in [-0.25, -0.2) is 0 Å². The molecule has 1 amide bonds. The fourth-order valence-corrected chi connectivity index (χ4v) is 2.78. The standard InChI is InChI=1S/C15H20N2OS/c1-2-4-11-8-14(18)17(9-11)10-12-5-3-6-13(7-12)15(16)19/h3,5-7,11H,2,4,8-10H2,1H3,(H2,16,19). The second-order valence-electron chi connectivity index (χ2n) is 5.20. The van der Waals surface area contributed by atoms with Crippen LogP contribution >= 0.6 is 12.2 Å². The average molecular weight is 276 g/mol. The first-order valence-electron chi connectivity index (χ1n) is 6.76. The van der Waals surface area contributed by atoms with Gasteiger partial charge in [-0.1, -0.05) is 43.8 Å².